The van der Waals surface area contributed by atoms with E-state index >= 15 is 0 Å². The van der Waals surface area contributed by atoms with E-state index in [1.54, 1.807) is 24.4 Å². The van der Waals surface area contributed by atoms with E-state index in [4.69, 9.17) is 4.74 Å². The quantitative estimate of drug-likeness (QED) is 0.517. The summed E-state index contributed by atoms with van der Waals surface area (Å²) < 4.78 is 31.5. The number of hydrogen-bond acceptors (Lipinski definition) is 6. The van der Waals surface area contributed by atoms with E-state index in [0.29, 0.717) is 16.5 Å². The molecule has 2 aromatic heterocycles. The molecule has 7 nitrogen and oxygen atoms in total. The van der Waals surface area contributed by atoms with Crippen LogP contribution in [0.25, 0.3) is 27.8 Å². The van der Waals surface area contributed by atoms with Gasteiger partial charge >= 0.3 is 0 Å². The number of aromatic nitrogens is 4. The minimum Gasteiger partial charge on any atom is -0.381 e. The molecule has 0 N–H and O–H groups in total. The number of benzene rings is 2. The molecule has 1 aliphatic heterocycles. The zero-order chi connectivity index (χ0) is 20.0. The molecule has 8 heteroatoms. The lowest BCUT2D eigenvalue weighted by atomic mass is 9.99. The molecule has 1 saturated heterocycles. The smallest absolute Gasteiger partial charge is 0.179 e. The van der Waals surface area contributed by atoms with E-state index in [-0.39, 0.29) is 0 Å². The third-order valence-corrected chi connectivity index (χ3v) is 6.54. The first-order valence-corrected chi connectivity index (χ1v) is 11.4. The van der Waals surface area contributed by atoms with Crippen molar-refractivity contribution in [1.82, 2.24) is 19.6 Å². The van der Waals surface area contributed by atoms with E-state index in [1.165, 1.54) is 6.26 Å². The Kier molecular flexibility index (Phi) is 4.33. The zero-order valence-electron chi connectivity index (χ0n) is 15.9. The maximum absolute atomic E-state index is 11.9. The number of fused-ring (bicyclic) bond motifs is 3. The van der Waals surface area contributed by atoms with Gasteiger partial charge in [-0.25, -0.2) is 8.42 Å². The second-order valence-corrected chi connectivity index (χ2v) is 9.42. The standard InChI is InChI=1S/C21H20N4O3S/c1-29(26,27)17-4-2-3-15(11-17)16-5-6-18-19(12-16)25-20(13-22-18)23-24-21(25)14-7-9-28-10-8-14/h2-6,11-14H,7-10H2,1H3. The summed E-state index contributed by atoms with van der Waals surface area (Å²) in [5.41, 5.74) is 4.22. The number of rotatable bonds is 3. The maximum atomic E-state index is 11.9. The summed E-state index contributed by atoms with van der Waals surface area (Å²) in [7, 11) is -3.27. The van der Waals surface area contributed by atoms with Crippen LogP contribution in [0, 0.1) is 0 Å². The van der Waals surface area contributed by atoms with Gasteiger partial charge < -0.3 is 4.74 Å². The van der Waals surface area contributed by atoms with Crippen LogP contribution in [0.4, 0.5) is 0 Å². The summed E-state index contributed by atoms with van der Waals surface area (Å²) in [5, 5.41) is 8.78. The monoisotopic (exact) mass is 408 g/mol. The van der Waals surface area contributed by atoms with Crippen molar-refractivity contribution in [3.63, 3.8) is 0 Å². The lowest BCUT2D eigenvalue weighted by Crippen LogP contribution is -2.16. The van der Waals surface area contributed by atoms with Crippen molar-refractivity contribution in [2.24, 2.45) is 0 Å². The average molecular weight is 408 g/mol. The summed E-state index contributed by atoms with van der Waals surface area (Å²) in [6.45, 7) is 1.46. The molecule has 2 aromatic carbocycles. The summed E-state index contributed by atoms with van der Waals surface area (Å²) in [4.78, 5) is 4.82. The third-order valence-electron chi connectivity index (χ3n) is 5.43. The van der Waals surface area contributed by atoms with Gasteiger partial charge in [-0.05, 0) is 48.2 Å². The Morgan fingerprint density at radius 3 is 2.62 bits per heavy atom. The van der Waals surface area contributed by atoms with Crippen molar-refractivity contribution in [3.8, 4) is 11.1 Å². The molecule has 3 heterocycles. The van der Waals surface area contributed by atoms with Crippen LogP contribution in [0.5, 0.6) is 0 Å². The number of sulfone groups is 1. The molecular weight excluding hydrogens is 388 g/mol. The van der Waals surface area contributed by atoms with Gasteiger partial charge in [0.2, 0.25) is 0 Å². The van der Waals surface area contributed by atoms with Crippen molar-refractivity contribution >= 4 is 26.5 Å². The van der Waals surface area contributed by atoms with Crippen LogP contribution in [0.3, 0.4) is 0 Å². The average Bonchev–Trinajstić information content (AvgIpc) is 3.18. The summed E-state index contributed by atoms with van der Waals surface area (Å²) in [6.07, 6.45) is 4.79. The fourth-order valence-corrected chi connectivity index (χ4v) is 4.55. The van der Waals surface area contributed by atoms with E-state index in [9.17, 15) is 8.42 Å². The number of ether oxygens (including phenoxy) is 1. The fourth-order valence-electron chi connectivity index (χ4n) is 3.88. The Bertz CT molecular complexity index is 1320. The molecule has 0 aliphatic carbocycles. The van der Waals surface area contributed by atoms with E-state index in [0.717, 1.165) is 54.0 Å². The number of hydrogen-bond donors (Lipinski definition) is 0. The van der Waals surface area contributed by atoms with Gasteiger partial charge in [0.25, 0.3) is 0 Å². The van der Waals surface area contributed by atoms with Crippen molar-refractivity contribution in [1.29, 1.82) is 0 Å². The van der Waals surface area contributed by atoms with Gasteiger partial charge in [-0.1, -0.05) is 18.2 Å². The van der Waals surface area contributed by atoms with Gasteiger partial charge in [-0.2, -0.15) is 0 Å². The topological polar surface area (TPSA) is 86.5 Å². The van der Waals surface area contributed by atoms with Crippen molar-refractivity contribution in [2.45, 2.75) is 23.7 Å². The molecule has 0 amide bonds. The zero-order valence-corrected chi connectivity index (χ0v) is 16.8. The predicted octanol–water partition coefficient (Wildman–Crippen LogP) is 3.24. The summed E-state index contributed by atoms with van der Waals surface area (Å²) in [5.74, 6) is 1.22. The first-order chi connectivity index (χ1) is 14.0. The second-order valence-electron chi connectivity index (χ2n) is 7.40. The molecule has 29 heavy (non-hydrogen) atoms. The minimum atomic E-state index is -3.27. The molecule has 0 saturated carbocycles. The highest BCUT2D eigenvalue weighted by atomic mass is 32.2. The number of nitrogens with zero attached hydrogens (tertiary/aromatic N) is 4. The maximum Gasteiger partial charge on any atom is 0.179 e. The highest BCUT2D eigenvalue weighted by molar-refractivity contribution is 7.90. The highest BCUT2D eigenvalue weighted by Crippen LogP contribution is 2.30. The highest BCUT2D eigenvalue weighted by Gasteiger charge is 2.22. The van der Waals surface area contributed by atoms with Gasteiger partial charge in [0.15, 0.2) is 15.5 Å². The summed E-state index contributed by atoms with van der Waals surface area (Å²) in [6, 6.07) is 12.9. The minimum absolute atomic E-state index is 0.293. The van der Waals surface area contributed by atoms with Gasteiger partial charge in [0, 0.05) is 25.4 Å². The molecule has 148 valence electrons. The van der Waals surface area contributed by atoms with Gasteiger partial charge in [-0.3, -0.25) is 9.38 Å². The Morgan fingerprint density at radius 1 is 1.03 bits per heavy atom. The Balaban J connectivity index is 1.70. The predicted molar refractivity (Wildman–Crippen MR) is 110 cm³/mol. The molecule has 0 unspecified atom stereocenters. The molecular formula is C21H20N4O3S. The molecule has 0 atom stereocenters. The van der Waals surface area contributed by atoms with Crippen LogP contribution in [0.2, 0.25) is 0 Å². The van der Waals surface area contributed by atoms with Gasteiger partial charge in [-0.15, -0.1) is 10.2 Å². The molecule has 5 rings (SSSR count). The second kappa shape index (κ2) is 6.89. The largest absolute Gasteiger partial charge is 0.381 e. The van der Waals surface area contributed by atoms with Crippen LogP contribution in [0.1, 0.15) is 24.6 Å². The Morgan fingerprint density at radius 2 is 1.83 bits per heavy atom. The van der Waals surface area contributed by atoms with Crippen LogP contribution < -0.4 is 0 Å². The molecule has 0 spiro atoms. The lowest BCUT2D eigenvalue weighted by molar-refractivity contribution is 0.0834. The summed E-state index contributed by atoms with van der Waals surface area (Å²) >= 11 is 0. The molecule has 0 radical (unpaired) electrons. The third kappa shape index (κ3) is 3.28. The molecule has 4 aromatic rings. The normalized spacial score (nSPS) is 15.9. The Labute approximate surface area is 168 Å². The van der Waals surface area contributed by atoms with Gasteiger partial charge in [0.1, 0.15) is 5.82 Å². The molecule has 1 aliphatic rings. The van der Waals surface area contributed by atoms with Crippen LogP contribution >= 0.6 is 0 Å². The van der Waals surface area contributed by atoms with E-state index in [1.807, 2.05) is 24.3 Å². The SMILES string of the molecule is CS(=O)(=O)c1cccc(-c2ccc3ncc4nnc(C5CCOCC5)n4c3c2)c1. The van der Waals surface area contributed by atoms with Crippen molar-refractivity contribution < 1.29 is 13.2 Å². The first-order valence-electron chi connectivity index (χ1n) is 9.53. The van der Waals surface area contributed by atoms with E-state index in [2.05, 4.69) is 19.6 Å². The van der Waals surface area contributed by atoms with Crippen molar-refractivity contribution in [3.05, 3.63) is 54.5 Å². The van der Waals surface area contributed by atoms with Gasteiger partial charge in [0.05, 0.1) is 22.1 Å². The van der Waals surface area contributed by atoms with Crippen LogP contribution in [-0.4, -0.2) is 47.5 Å². The fraction of sp³-hybridized carbons (Fsp3) is 0.286. The Hall–Kier alpha value is -2.84. The van der Waals surface area contributed by atoms with E-state index < -0.39 is 9.84 Å². The van der Waals surface area contributed by atoms with Crippen LogP contribution in [-0.2, 0) is 14.6 Å². The molecule has 1 fully saturated rings. The first kappa shape index (κ1) is 18.2. The molecule has 0 bridgehead atoms. The van der Waals surface area contributed by atoms with Crippen molar-refractivity contribution in [2.75, 3.05) is 19.5 Å². The van der Waals surface area contributed by atoms with Crippen LogP contribution in [0.15, 0.2) is 53.6 Å². The lowest BCUT2D eigenvalue weighted by Gasteiger charge is -2.20.